The SMILES string of the molecule is CCOC1CC(NC(=O)CC(N)CC(C)(C)C)C1(C)C. The van der Waals surface area contributed by atoms with Gasteiger partial charge >= 0.3 is 0 Å². The molecule has 0 spiro atoms. The maximum absolute atomic E-state index is 12.1. The largest absolute Gasteiger partial charge is 0.378 e. The molecule has 1 aliphatic carbocycles. The second-order valence-electron chi connectivity index (χ2n) is 7.85. The Bertz CT molecular complexity index is 334. The lowest BCUT2D eigenvalue weighted by molar-refractivity contribution is -0.137. The number of carbonyl (C=O) groups excluding carboxylic acids is 1. The van der Waals surface area contributed by atoms with Crippen molar-refractivity contribution in [2.45, 2.75) is 79.0 Å². The number of rotatable bonds is 6. The summed E-state index contributed by atoms with van der Waals surface area (Å²) < 4.78 is 5.68. The lowest BCUT2D eigenvalue weighted by Crippen LogP contribution is -2.62. The number of hydrogen-bond donors (Lipinski definition) is 2. The predicted octanol–water partition coefficient (Wildman–Crippen LogP) is 2.46. The Morgan fingerprint density at radius 3 is 2.50 bits per heavy atom. The van der Waals surface area contributed by atoms with E-state index in [1.54, 1.807) is 0 Å². The number of amides is 1. The van der Waals surface area contributed by atoms with Gasteiger partial charge in [0.25, 0.3) is 0 Å². The van der Waals surface area contributed by atoms with E-state index in [0.29, 0.717) is 6.42 Å². The van der Waals surface area contributed by atoms with Gasteiger partial charge in [0.15, 0.2) is 0 Å². The second kappa shape index (κ2) is 6.44. The number of hydrogen-bond acceptors (Lipinski definition) is 3. The van der Waals surface area contributed by atoms with Crippen LogP contribution in [0.25, 0.3) is 0 Å². The van der Waals surface area contributed by atoms with Gasteiger partial charge in [-0.05, 0) is 25.2 Å². The molecule has 0 aliphatic heterocycles. The average molecular weight is 284 g/mol. The van der Waals surface area contributed by atoms with Crippen LogP contribution >= 0.6 is 0 Å². The third-order valence-corrected chi connectivity index (χ3v) is 4.20. The molecule has 1 rings (SSSR count). The molecule has 3 unspecified atom stereocenters. The van der Waals surface area contributed by atoms with Crippen LogP contribution in [0, 0.1) is 10.8 Å². The van der Waals surface area contributed by atoms with Gasteiger partial charge in [-0.2, -0.15) is 0 Å². The Labute approximate surface area is 123 Å². The third-order valence-electron chi connectivity index (χ3n) is 4.20. The molecule has 1 aliphatic rings. The number of nitrogens with one attached hydrogen (secondary N) is 1. The van der Waals surface area contributed by atoms with Crippen LogP contribution < -0.4 is 11.1 Å². The molecule has 0 aromatic heterocycles. The minimum atomic E-state index is -0.0686. The number of carbonyl (C=O) groups is 1. The maximum atomic E-state index is 12.1. The Morgan fingerprint density at radius 2 is 2.05 bits per heavy atom. The van der Waals surface area contributed by atoms with Crippen LogP contribution in [0.5, 0.6) is 0 Å². The van der Waals surface area contributed by atoms with Crippen molar-refractivity contribution in [2.24, 2.45) is 16.6 Å². The smallest absolute Gasteiger partial charge is 0.221 e. The van der Waals surface area contributed by atoms with E-state index in [0.717, 1.165) is 19.4 Å². The molecule has 0 saturated heterocycles. The summed E-state index contributed by atoms with van der Waals surface area (Å²) in [5.41, 5.74) is 6.23. The van der Waals surface area contributed by atoms with Gasteiger partial charge in [-0.3, -0.25) is 4.79 Å². The first-order valence-electron chi connectivity index (χ1n) is 7.73. The van der Waals surface area contributed by atoms with E-state index >= 15 is 0 Å². The van der Waals surface area contributed by atoms with Crippen molar-refractivity contribution in [2.75, 3.05) is 6.61 Å². The molecule has 0 aromatic rings. The highest BCUT2D eigenvalue weighted by molar-refractivity contribution is 5.77. The standard InChI is InChI=1S/C16H32N2O2/c1-7-20-13-9-12(16(13,5)6)18-14(19)8-11(17)10-15(2,3)4/h11-13H,7-10,17H2,1-6H3,(H,18,19). The Morgan fingerprint density at radius 1 is 1.45 bits per heavy atom. The van der Waals surface area contributed by atoms with E-state index in [1.165, 1.54) is 0 Å². The van der Waals surface area contributed by atoms with Gasteiger partial charge in [-0.1, -0.05) is 34.6 Å². The molecule has 4 nitrogen and oxygen atoms in total. The quantitative estimate of drug-likeness (QED) is 0.787. The lowest BCUT2D eigenvalue weighted by Gasteiger charge is -2.51. The van der Waals surface area contributed by atoms with E-state index < -0.39 is 0 Å². The van der Waals surface area contributed by atoms with Crippen molar-refractivity contribution in [3.05, 3.63) is 0 Å². The Balaban J connectivity index is 2.37. The van der Waals surface area contributed by atoms with Crippen LogP contribution in [0.1, 0.15) is 60.8 Å². The molecule has 0 radical (unpaired) electrons. The summed E-state index contributed by atoms with van der Waals surface area (Å²) in [5, 5.41) is 3.11. The Hall–Kier alpha value is -0.610. The highest BCUT2D eigenvalue weighted by atomic mass is 16.5. The average Bonchev–Trinajstić information content (AvgIpc) is 2.24. The molecule has 1 amide bonds. The summed E-state index contributed by atoms with van der Waals surface area (Å²) in [7, 11) is 0. The van der Waals surface area contributed by atoms with Gasteiger partial charge in [-0.15, -0.1) is 0 Å². The molecule has 0 aromatic carbocycles. The molecule has 20 heavy (non-hydrogen) atoms. The van der Waals surface area contributed by atoms with Gasteiger partial charge in [0, 0.05) is 30.5 Å². The topological polar surface area (TPSA) is 64.3 Å². The molecule has 3 N–H and O–H groups in total. The van der Waals surface area contributed by atoms with Crippen LogP contribution in [-0.4, -0.2) is 30.7 Å². The summed E-state index contributed by atoms with van der Waals surface area (Å²) in [6, 6.07) is 0.134. The highest BCUT2D eigenvalue weighted by Crippen LogP contribution is 2.42. The molecule has 1 saturated carbocycles. The monoisotopic (exact) mass is 284 g/mol. The zero-order valence-corrected chi connectivity index (χ0v) is 14.0. The zero-order valence-electron chi connectivity index (χ0n) is 14.0. The van der Waals surface area contributed by atoms with Crippen LogP contribution in [0.15, 0.2) is 0 Å². The van der Waals surface area contributed by atoms with Gasteiger partial charge in [0.2, 0.25) is 5.91 Å². The van der Waals surface area contributed by atoms with Crippen molar-refractivity contribution in [3.63, 3.8) is 0 Å². The number of ether oxygens (including phenoxy) is 1. The van der Waals surface area contributed by atoms with E-state index in [4.69, 9.17) is 10.5 Å². The van der Waals surface area contributed by atoms with Gasteiger partial charge in [-0.25, -0.2) is 0 Å². The normalized spacial score (nSPS) is 26.8. The van der Waals surface area contributed by atoms with E-state index in [-0.39, 0.29) is 34.9 Å². The summed E-state index contributed by atoms with van der Waals surface area (Å²) in [4.78, 5) is 12.1. The van der Waals surface area contributed by atoms with Gasteiger partial charge in [0.1, 0.15) is 0 Å². The fraction of sp³-hybridized carbons (Fsp3) is 0.938. The van der Waals surface area contributed by atoms with Crippen molar-refractivity contribution in [3.8, 4) is 0 Å². The van der Waals surface area contributed by atoms with Crippen molar-refractivity contribution in [1.29, 1.82) is 0 Å². The first kappa shape index (κ1) is 17.4. The van der Waals surface area contributed by atoms with Crippen molar-refractivity contribution in [1.82, 2.24) is 5.32 Å². The summed E-state index contributed by atoms with van der Waals surface area (Å²) in [5.74, 6) is 0.0646. The van der Waals surface area contributed by atoms with Crippen molar-refractivity contribution < 1.29 is 9.53 Å². The fourth-order valence-electron chi connectivity index (χ4n) is 2.96. The van der Waals surface area contributed by atoms with Crippen LogP contribution in [0.3, 0.4) is 0 Å². The van der Waals surface area contributed by atoms with E-state index in [9.17, 15) is 4.79 Å². The molecule has 1 fully saturated rings. The molecule has 3 atom stereocenters. The van der Waals surface area contributed by atoms with Crippen LogP contribution in [0.2, 0.25) is 0 Å². The van der Waals surface area contributed by atoms with Gasteiger partial charge < -0.3 is 15.8 Å². The molecule has 118 valence electrons. The summed E-state index contributed by atoms with van der Waals surface area (Å²) in [6.45, 7) is 13.5. The van der Waals surface area contributed by atoms with E-state index in [1.807, 2.05) is 6.92 Å². The Kier molecular flexibility index (Phi) is 5.61. The number of nitrogens with two attached hydrogens (primary N) is 1. The summed E-state index contributed by atoms with van der Waals surface area (Å²) in [6.07, 6.45) is 2.42. The molecule has 4 heteroatoms. The second-order valence-corrected chi connectivity index (χ2v) is 7.85. The van der Waals surface area contributed by atoms with Gasteiger partial charge in [0.05, 0.1) is 6.10 Å². The molecular formula is C16H32N2O2. The highest BCUT2D eigenvalue weighted by Gasteiger charge is 2.49. The maximum Gasteiger partial charge on any atom is 0.221 e. The molecular weight excluding hydrogens is 252 g/mol. The van der Waals surface area contributed by atoms with Crippen molar-refractivity contribution >= 4 is 5.91 Å². The fourth-order valence-corrected chi connectivity index (χ4v) is 2.96. The minimum absolute atomic E-state index is 0.0137. The minimum Gasteiger partial charge on any atom is -0.378 e. The predicted molar refractivity (Wildman–Crippen MR) is 82.4 cm³/mol. The molecule has 0 heterocycles. The van der Waals surface area contributed by atoms with Crippen LogP contribution in [0.4, 0.5) is 0 Å². The lowest BCUT2D eigenvalue weighted by atomic mass is 9.64. The first-order valence-corrected chi connectivity index (χ1v) is 7.73. The third kappa shape index (κ3) is 4.74. The van der Waals surface area contributed by atoms with Crippen LogP contribution in [-0.2, 0) is 9.53 Å². The first-order chi connectivity index (χ1) is 9.06. The zero-order chi connectivity index (χ0) is 15.6. The summed E-state index contributed by atoms with van der Waals surface area (Å²) >= 11 is 0. The molecule has 0 bridgehead atoms. The van der Waals surface area contributed by atoms with E-state index in [2.05, 4.69) is 39.9 Å².